The van der Waals surface area contributed by atoms with E-state index in [0.717, 1.165) is 26.2 Å². The summed E-state index contributed by atoms with van der Waals surface area (Å²) < 4.78 is 4.39. The Hall–Kier alpha value is -1.35. The van der Waals surface area contributed by atoms with E-state index in [4.69, 9.17) is 0 Å². The molecule has 0 spiro atoms. The molecular weight excluding hydrogens is 226 g/mol. The summed E-state index contributed by atoms with van der Waals surface area (Å²) in [4.78, 5) is 14.5. The van der Waals surface area contributed by atoms with Gasteiger partial charge >= 0.3 is 0 Å². The molecule has 2 saturated heterocycles. The normalized spacial score (nSPS) is 29.2. The average Bonchev–Trinajstić information content (AvgIpc) is 2.77. The topological polar surface area (TPSA) is 33.1 Å². The molecule has 3 atom stereocenters. The van der Waals surface area contributed by atoms with Crippen molar-refractivity contribution in [3.8, 4) is 0 Å². The number of hydrogen-bond acceptors (Lipinski definition) is 1. The van der Waals surface area contributed by atoms with Gasteiger partial charge in [0, 0.05) is 18.9 Å². The zero-order chi connectivity index (χ0) is 12.5. The number of fused-ring (bicyclic) bond motifs is 1. The van der Waals surface area contributed by atoms with Gasteiger partial charge in [-0.25, -0.2) is 0 Å². The zero-order valence-corrected chi connectivity index (χ0v) is 10.7. The molecule has 2 heterocycles. The predicted octanol–water partition coefficient (Wildman–Crippen LogP) is 1.75. The van der Waals surface area contributed by atoms with E-state index in [-0.39, 0.29) is 12.0 Å². The molecule has 0 saturated carbocycles. The van der Waals surface area contributed by atoms with E-state index in [1.807, 2.05) is 23.1 Å². The van der Waals surface area contributed by atoms with Gasteiger partial charge in [-0.05, 0) is 12.5 Å². The third-order valence-corrected chi connectivity index (χ3v) is 4.33. The van der Waals surface area contributed by atoms with Gasteiger partial charge in [0.15, 0.2) is 6.61 Å². The number of hydrogen-bond donors (Lipinski definition) is 0. The highest BCUT2D eigenvalue weighted by atomic mass is 16.5. The fraction of sp³-hybridized carbons (Fsp3) is 0.533. The maximum absolute atomic E-state index is 12.4. The van der Waals surface area contributed by atoms with Crippen molar-refractivity contribution in [1.29, 1.82) is 0 Å². The van der Waals surface area contributed by atoms with Crippen LogP contribution in [0.25, 0.3) is 0 Å². The minimum Gasteiger partial charge on any atom is -0.433 e. The number of amides is 1. The van der Waals surface area contributed by atoms with E-state index in [1.54, 1.807) is 0 Å². The number of ether oxygens (including phenoxy) is 1. The lowest BCUT2D eigenvalue weighted by molar-refractivity contribution is -0.144. The summed E-state index contributed by atoms with van der Waals surface area (Å²) in [6, 6.07) is 10.5. The fourth-order valence-electron chi connectivity index (χ4n) is 3.15. The molecule has 2 aliphatic rings. The maximum Gasteiger partial charge on any atom is 0.234 e. The Balaban J connectivity index is 1.79. The molecule has 2 fully saturated rings. The van der Waals surface area contributed by atoms with Gasteiger partial charge < -0.3 is 9.64 Å². The molecular formula is C15H20NO2+. The highest BCUT2D eigenvalue weighted by Crippen LogP contribution is 2.35. The molecule has 3 nitrogen and oxygen atoms in total. The Morgan fingerprint density at radius 3 is 2.83 bits per heavy atom. The van der Waals surface area contributed by atoms with Crippen molar-refractivity contribution in [3.63, 3.8) is 0 Å². The summed E-state index contributed by atoms with van der Waals surface area (Å²) in [5, 5.41) is 0. The molecule has 1 N–H and O–H groups in total. The van der Waals surface area contributed by atoms with Gasteiger partial charge in [0.1, 0.15) is 12.5 Å². The average molecular weight is 246 g/mol. The second-order valence-electron chi connectivity index (χ2n) is 5.36. The molecule has 2 aliphatic heterocycles. The van der Waals surface area contributed by atoms with Crippen LogP contribution in [0, 0.1) is 11.8 Å². The number of likely N-dealkylation sites (tertiary alicyclic amines) is 1. The van der Waals surface area contributed by atoms with E-state index in [0.29, 0.717) is 11.8 Å². The van der Waals surface area contributed by atoms with Crippen molar-refractivity contribution in [3.05, 3.63) is 35.9 Å². The second-order valence-corrected chi connectivity index (χ2v) is 5.36. The lowest BCUT2D eigenvalue weighted by atomic mass is 9.92. The molecule has 0 bridgehead atoms. The quantitative estimate of drug-likeness (QED) is 0.732. The van der Waals surface area contributed by atoms with Crippen LogP contribution in [0.5, 0.6) is 0 Å². The summed E-state index contributed by atoms with van der Waals surface area (Å²) in [7, 11) is 0. The number of carbonyl (C=O) groups is 1. The Morgan fingerprint density at radius 2 is 2.11 bits per heavy atom. The van der Waals surface area contributed by atoms with Gasteiger partial charge in [-0.3, -0.25) is 4.79 Å². The van der Waals surface area contributed by atoms with Crippen LogP contribution in [0.4, 0.5) is 0 Å². The highest BCUT2D eigenvalue weighted by molar-refractivity contribution is 5.82. The van der Waals surface area contributed by atoms with Crippen LogP contribution in [0.15, 0.2) is 30.3 Å². The Kier molecular flexibility index (Phi) is 3.08. The van der Waals surface area contributed by atoms with Crippen LogP contribution in [-0.4, -0.2) is 35.3 Å². The van der Waals surface area contributed by atoms with E-state index in [9.17, 15) is 4.79 Å². The van der Waals surface area contributed by atoms with E-state index in [2.05, 4.69) is 23.8 Å². The summed E-state index contributed by atoms with van der Waals surface area (Å²) in [5.41, 5.74) is 1.22. The van der Waals surface area contributed by atoms with E-state index >= 15 is 0 Å². The van der Waals surface area contributed by atoms with Crippen LogP contribution >= 0.6 is 0 Å². The molecule has 0 unspecified atom stereocenters. The molecule has 1 aromatic carbocycles. The molecule has 3 rings (SSSR count). The van der Waals surface area contributed by atoms with Gasteiger partial charge in [0.2, 0.25) is 5.91 Å². The smallest absolute Gasteiger partial charge is 0.234 e. The molecule has 18 heavy (non-hydrogen) atoms. The summed E-state index contributed by atoms with van der Waals surface area (Å²) >= 11 is 0. The van der Waals surface area contributed by atoms with Crippen molar-refractivity contribution in [2.75, 3.05) is 19.8 Å². The fourth-order valence-corrected chi connectivity index (χ4v) is 3.15. The molecule has 3 heteroatoms. The summed E-state index contributed by atoms with van der Waals surface area (Å²) in [5.74, 6) is 0.992. The SMILES string of the molecule is C[C@H](c1ccccc1)N1C[C@@H]2CC[OH+]C[C@@H]2C1=O. The Bertz CT molecular complexity index is 431. The number of nitrogens with zero attached hydrogens (tertiary/aromatic N) is 1. The first-order valence-electron chi connectivity index (χ1n) is 6.76. The number of benzene rings is 1. The van der Waals surface area contributed by atoms with Gasteiger partial charge in [-0.1, -0.05) is 30.3 Å². The van der Waals surface area contributed by atoms with Gasteiger partial charge in [0.25, 0.3) is 0 Å². The molecule has 0 aliphatic carbocycles. The molecule has 0 aromatic heterocycles. The second kappa shape index (κ2) is 4.73. The summed E-state index contributed by atoms with van der Waals surface area (Å²) in [6.45, 7) is 4.71. The van der Waals surface area contributed by atoms with Gasteiger partial charge in [0.05, 0.1) is 6.04 Å². The lowest BCUT2D eigenvalue weighted by Gasteiger charge is -2.25. The predicted molar refractivity (Wildman–Crippen MR) is 70.1 cm³/mol. The summed E-state index contributed by atoms with van der Waals surface area (Å²) in [6.07, 6.45) is 1.08. The molecule has 0 radical (unpaired) electrons. The third kappa shape index (κ3) is 1.93. The monoisotopic (exact) mass is 246 g/mol. The number of rotatable bonds is 2. The first kappa shape index (κ1) is 11.7. The third-order valence-electron chi connectivity index (χ3n) is 4.33. The van der Waals surface area contributed by atoms with Crippen LogP contribution in [-0.2, 0) is 4.79 Å². The van der Waals surface area contributed by atoms with Gasteiger partial charge in [-0.2, -0.15) is 0 Å². The minimum atomic E-state index is 0.157. The van der Waals surface area contributed by atoms with Crippen molar-refractivity contribution in [1.82, 2.24) is 4.90 Å². The first-order chi connectivity index (χ1) is 8.77. The maximum atomic E-state index is 12.4. The standard InChI is InChI=1S/C15H19NO2/c1-11(12-5-3-2-4-6-12)16-9-13-7-8-18-10-14(13)15(16)17/h2-6,11,13-14H,7-10H2,1H3/p+1/t11-,13+,14+/m1/s1. The van der Waals surface area contributed by atoms with Crippen molar-refractivity contribution in [2.45, 2.75) is 19.4 Å². The zero-order valence-electron chi connectivity index (χ0n) is 10.7. The van der Waals surface area contributed by atoms with Crippen LogP contribution in [0.3, 0.4) is 0 Å². The van der Waals surface area contributed by atoms with E-state index in [1.165, 1.54) is 5.56 Å². The largest absolute Gasteiger partial charge is 0.433 e. The van der Waals surface area contributed by atoms with Crippen molar-refractivity contribution in [2.24, 2.45) is 11.8 Å². The highest BCUT2D eigenvalue weighted by Gasteiger charge is 2.45. The molecule has 1 amide bonds. The Labute approximate surface area is 108 Å². The number of aliphatic hydroxyl groups is 2. The lowest BCUT2D eigenvalue weighted by Crippen LogP contribution is -2.33. The van der Waals surface area contributed by atoms with E-state index < -0.39 is 0 Å². The van der Waals surface area contributed by atoms with Crippen LogP contribution < -0.4 is 0 Å². The van der Waals surface area contributed by atoms with Crippen molar-refractivity contribution < 1.29 is 9.53 Å². The first-order valence-corrected chi connectivity index (χ1v) is 6.76. The number of carbonyl (C=O) groups excluding carboxylic acids is 1. The Morgan fingerprint density at radius 1 is 1.33 bits per heavy atom. The van der Waals surface area contributed by atoms with Gasteiger partial charge in [-0.15, -0.1) is 0 Å². The van der Waals surface area contributed by atoms with Crippen molar-refractivity contribution >= 4 is 5.91 Å². The molecule has 1 aromatic rings. The van der Waals surface area contributed by atoms with Crippen LogP contribution in [0.2, 0.25) is 0 Å². The minimum absolute atomic E-state index is 0.157. The molecule has 96 valence electrons. The van der Waals surface area contributed by atoms with Crippen LogP contribution in [0.1, 0.15) is 24.9 Å².